The smallest absolute Gasteiger partial charge is 0.224 e. The number of rotatable bonds is 4. The monoisotopic (exact) mass is 274 g/mol. The summed E-state index contributed by atoms with van der Waals surface area (Å²) in [5.74, 6) is 0.103. The Kier molecular flexibility index (Phi) is 5.43. The molecule has 17 heavy (non-hydrogen) atoms. The van der Waals surface area contributed by atoms with Gasteiger partial charge in [-0.15, -0.1) is 12.4 Å². The highest BCUT2D eigenvalue weighted by molar-refractivity contribution is 7.07. The van der Waals surface area contributed by atoms with Crippen LogP contribution in [0.2, 0.25) is 0 Å². The van der Waals surface area contributed by atoms with E-state index in [-0.39, 0.29) is 23.9 Å². The second-order valence-electron chi connectivity index (χ2n) is 4.55. The van der Waals surface area contributed by atoms with Crippen LogP contribution < -0.4 is 11.1 Å². The van der Waals surface area contributed by atoms with Crippen molar-refractivity contribution in [2.24, 2.45) is 5.73 Å². The Morgan fingerprint density at radius 2 is 2.18 bits per heavy atom. The zero-order valence-electron chi connectivity index (χ0n) is 9.78. The lowest BCUT2D eigenvalue weighted by atomic mass is 9.97. The van der Waals surface area contributed by atoms with Gasteiger partial charge in [-0.25, -0.2) is 0 Å². The molecule has 1 fully saturated rings. The summed E-state index contributed by atoms with van der Waals surface area (Å²) >= 11 is 1.62. The number of halogens is 1. The van der Waals surface area contributed by atoms with E-state index in [9.17, 15) is 4.79 Å². The fraction of sp³-hybridized carbons (Fsp3) is 0.583. The molecule has 2 rings (SSSR count). The quantitative estimate of drug-likeness (QED) is 0.883. The molecule has 0 spiro atoms. The van der Waals surface area contributed by atoms with Crippen LogP contribution in [0.4, 0.5) is 0 Å². The van der Waals surface area contributed by atoms with Crippen LogP contribution in [0.1, 0.15) is 31.2 Å². The number of nitrogens with two attached hydrogens (primary N) is 1. The Balaban J connectivity index is 0.00000144. The molecular formula is C12H19ClN2OS. The number of thiophene rings is 1. The normalized spacial score (nSPS) is 17.5. The average molecular weight is 275 g/mol. The number of hydrogen-bond donors (Lipinski definition) is 2. The van der Waals surface area contributed by atoms with Crippen molar-refractivity contribution in [3.8, 4) is 0 Å². The van der Waals surface area contributed by atoms with Crippen molar-refractivity contribution in [3.63, 3.8) is 0 Å². The van der Waals surface area contributed by atoms with Gasteiger partial charge >= 0.3 is 0 Å². The molecule has 5 heteroatoms. The molecular weight excluding hydrogens is 256 g/mol. The van der Waals surface area contributed by atoms with Gasteiger partial charge in [-0.05, 0) is 35.2 Å². The number of carbonyl (C=O) groups excluding carboxylic acids is 1. The Labute approximate surface area is 112 Å². The lowest BCUT2D eigenvalue weighted by Crippen LogP contribution is -2.52. The third-order valence-electron chi connectivity index (χ3n) is 3.30. The fourth-order valence-corrected chi connectivity index (χ4v) is 3.02. The van der Waals surface area contributed by atoms with Crippen molar-refractivity contribution in [1.82, 2.24) is 5.32 Å². The van der Waals surface area contributed by atoms with Crippen molar-refractivity contribution >= 4 is 29.7 Å². The molecule has 96 valence electrons. The molecule has 1 heterocycles. The topological polar surface area (TPSA) is 55.1 Å². The molecule has 0 aromatic carbocycles. The van der Waals surface area contributed by atoms with Crippen LogP contribution >= 0.6 is 23.7 Å². The molecule has 1 aromatic heterocycles. The SMILES string of the molecule is Cl.NCC1(NC(=O)Cc2ccsc2)CCCC1. The van der Waals surface area contributed by atoms with Crippen molar-refractivity contribution < 1.29 is 4.79 Å². The summed E-state index contributed by atoms with van der Waals surface area (Å²) in [6, 6.07) is 1.99. The van der Waals surface area contributed by atoms with Crippen molar-refractivity contribution in [2.45, 2.75) is 37.6 Å². The number of amides is 1. The van der Waals surface area contributed by atoms with Gasteiger partial charge in [0.05, 0.1) is 12.0 Å². The molecule has 1 aliphatic rings. The van der Waals surface area contributed by atoms with Gasteiger partial charge in [0.2, 0.25) is 5.91 Å². The van der Waals surface area contributed by atoms with E-state index in [2.05, 4.69) is 5.32 Å². The molecule has 1 aliphatic carbocycles. The maximum absolute atomic E-state index is 11.9. The van der Waals surface area contributed by atoms with E-state index in [1.165, 1.54) is 12.8 Å². The van der Waals surface area contributed by atoms with E-state index in [1.807, 2.05) is 16.8 Å². The van der Waals surface area contributed by atoms with Gasteiger partial charge in [-0.1, -0.05) is 12.8 Å². The van der Waals surface area contributed by atoms with Crippen LogP contribution in [-0.2, 0) is 11.2 Å². The first-order valence-corrected chi connectivity index (χ1v) is 6.71. The van der Waals surface area contributed by atoms with Gasteiger partial charge in [0.15, 0.2) is 0 Å². The Morgan fingerprint density at radius 1 is 1.47 bits per heavy atom. The molecule has 0 radical (unpaired) electrons. The van der Waals surface area contributed by atoms with E-state index in [1.54, 1.807) is 11.3 Å². The molecule has 0 unspecified atom stereocenters. The molecule has 0 atom stereocenters. The van der Waals surface area contributed by atoms with Gasteiger partial charge in [0, 0.05) is 6.54 Å². The third-order valence-corrected chi connectivity index (χ3v) is 4.03. The van der Waals surface area contributed by atoms with Crippen LogP contribution in [0, 0.1) is 0 Å². The first-order valence-electron chi connectivity index (χ1n) is 5.76. The molecule has 0 aliphatic heterocycles. The van der Waals surface area contributed by atoms with E-state index < -0.39 is 0 Å². The highest BCUT2D eigenvalue weighted by Crippen LogP contribution is 2.28. The second-order valence-corrected chi connectivity index (χ2v) is 5.33. The highest BCUT2D eigenvalue weighted by atomic mass is 35.5. The largest absolute Gasteiger partial charge is 0.349 e. The lowest BCUT2D eigenvalue weighted by molar-refractivity contribution is -0.122. The summed E-state index contributed by atoms with van der Waals surface area (Å²) in [5, 5.41) is 7.14. The number of carbonyl (C=O) groups is 1. The van der Waals surface area contributed by atoms with Gasteiger partial charge in [0.1, 0.15) is 0 Å². The Bertz CT molecular complexity index is 347. The molecule has 3 N–H and O–H groups in total. The first kappa shape index (κ1) is 14.5. The van der Waals surface area contributed by atoms with Gasteiger partial charge < -0.3 is 11.1 Å². The van der Waals surface area contributed by atoms with Crippen molar-refractivity contribution in [1.29, 1.82) is 0 Å². The van der Waals surface area contributed by atoms with Crippen molar-refractivity contribution in [3.05, 3.63) is 22.4 Å². The summed E-state index contributed by atoms with van der Waals surface area (Å²) < 4.78 is 0. The predicted octanol–water partition coefficient (Wildman–Crippen LogP) is 2.10. The molecule has 0 saturated heterocycles. The van der Waals surface area contributed by atoms with Gasteiger partial charge in [-0.2, -0.15) is 11.3 Å². The van der Waals surface area contributed by atoms with E-state index in [4.69, 9.17) is 5.73 Å². The minimum Gasteiger partial charge on any atom is -0.349 e. The number of hydrogen-bond acceptors (Lipinski definition) is 3. The predicted molar refractivity (Wildman–Crippen MR) is 73.7 cm³/mol. The lowest BCUT2D eigenvalue weighted by Gasteiger charge is -2.28. The van der Waals surface area contributed by atoms with E-state index >= 15 is 0 Å². The minimum atomic E-state index is -0.118. The van der Waals surface area contributed by atoms with Crippen LogP contribution in [0.3, 0.4) is 0 Å². The third kappa shape index (κ3) is 3.69. The molecule has 1 saturated carbocycles. The zero-order valence-corrected chi connectivity index (χ0v) is 11.4. The molecule has 1 aromatic rings. The highest BCUT2D eigenvalue weighted by Gasteiger charge is 2.33. The Hall–Kier alpha value is -0.580. The summed E-state index contributed by atoms with van der Waals surface area (Å²) in [7, 11) is 0. The molecule has 0 bridgehead atoms. The van der Waals surface area contributed by atoms with Crippen LogP contribution in [0.15, 0.2) is 16.8 Å². The molecule has 1 amide bonds. The fourth-order valence-electron chi connectivity index (χ4n) is 2.35. The van der Waals surface area contributed by atoms with Crippen LogP contribution in [0.25, 0.3) is 0 Å². The van der Waals surface area contributed by atoms with Gasteiger partial charge in [0.25, 0.3) is 0 Å². The summed E-state index contributed by atoms with van der Waals surface area (Å²) in [6.07, 6.45) is 4.88. The zero-order chi connectivity index (χ0) is 11.4. The van der Waals surface area contributed by atoms with E-state index in [0.717, 1.165) is 18.4 Å². The van der Waals surface area contributed by atoms with E-state index in [0.29, 0.717) is 13.0 Å². The maximum atomic E-state index is 11.9. The standard InChI is InChI=1S/C12H18N2OS.ClH/c13-9-12(4-1-2-5-12)14-11(15)7-10-3-6-16-8-10;/h3,6,8H,1-2,4-5,7,9,13H2,(H,14,15);1H. The molecule has 3 nitrogen and oxygen atoms in total. The van der Waals surface area contributed by atoms with Crippen molar-refractivity contribution in [2.75, 3.05) is 6.54 Å². The summed E-state index contributed by atoms with van der Waals surface area (Å²) in [5.41, 5.74) is 6.75. The van der Waals surface area contributed by atoms with Crippen LogP contribution in [-0.4, -0.2) is 18.0 Å². The summed E-state index contributed by atoms with van der Waals surface area (Å²) in [4.78, 5) is 11.9. The summed E-state index contributed by atoms with van der Waals surface area (Å²) in [6.45, 7) is 0.558. The average Bonchev–Trinajstić information content (AvgIpc) is 2.90. The Morgan fingerprint density at radius 3 is 2.71 bits per heavy atom. The first-order chi connectivity index (χ1) is 7.74. The van der Waals surface area contributed by atoms with Gasteiger partial charge in [-0.3, -0.25) is 4.79 Å². The minimum absolute atomic E-state index is 0. The number of nitrogens with one attached hydrogen (secondary N) is 1. The van der Waals surface area contributed by atoms with Crippen LogP contribution in [0.5, 0.6) is 0 Å². The second kappa shape index (κ2) is 6.38. The maximum Gasteiger partial charge on any atom is 0.224 e.